The van der Waals surface area contributed by atoms with Crippen molar-refractivity contribution in [3.8, 4) is 0 Å². The highest BCUT2D eigenvalue weighted by atomic mass is 32.2. The first kappa shape index (κ1) is 10.3. The second-order valence-electron chi connectivity index (χ2n) is 4.78. The zero-order valence-electron chi connectivity index (χ0n) is 8.88. The molecule has 1 saturated heterocycles. The van der Waals surface area contributed by atoms with Gasteiger partial charge < -0.3 is 10.1 Å². The molecule has 3 nitrogen and oxygen atoms in total. The molecule has 1 unspecified atom stereocenters. The zero-order chi connectivity index (χ0) is 10.0. The Kier molecular flexibility index (Phi) is 3.02. The van der Waals surface area contributed by atoms with Crippen LogP contribution in [0.25, 0.3) is 0 Å². The fraction of sp³-hybridized carbons (Fsp3) is 0.900. The molecule has 0 aliphatic carbocycles. The minimum absolute atomic E-state index is 0.363. The van der Waals surface area contributed by atoms with Gasteiger partial charge in [-0.1, -0.05) is 25.6 Å². The van der Waals surface area contributed by atoms with E-state index >= 15 is 0 Å². The van der Waals surface area contributed by atoms with E-state index in [1.54, 1.807) is 0 Å². The molecule has 0 spiro atoms. The van der Waals surface area contributed by atoms with Gasteiger partial charge in [-0.15, -0.1) is 0 Å². The summed E-state index contributed by atoms with van der Waals surface area (Å²) in [6, 6.07) is 0.488. The molecule has 2 aliphatic heterocycles. The maximum atomic E-state index is 5.31. The number of ether oxygens (including phenoxy) is 1. The summed E-state index contributed by atoms with van der Waals surface area (Å²) in [6.07, 6.45) is 1.11. The van der Waals surface area contributed by atoms with Gasteiger partial charge in [-0.05, 0) is 11.8 Å². The van der Waals surface area contributed by atoms with E-state index in [4.69, 9.17) is 4.74 Å². The van der Waals surface area contributed by atoms with E-state index in [1.807, 2.05) is 11.8 Å². The fourth-order valence-electron chi connectivity index (χ4n) is 1.55. The predicted octanol–water partition coefficient (Wildman–Crippen LogP) is 1.49. The van der Waals surface area contributed by atoms with Crippen LogP contribution >= 0.6 is 11.8 Å². The van der Waals surface area contributed by atoms with Crippen molar-refractivity contribution in [1.82, 2.24) is 5.32 Å². The summed E-state index contributed by atoms with van der Waals surface area (Å²) in [7, 11) is 0. The highest BCUT2D eigenvalue weighted by Gasteiger charge is 2.25. The molecule has 1 atom stereocenters. The highest BCUT2D eigenvalue weighted by Crippen LogP contribution is 2.27. The van der Waals surface area contributed by atoms with Crippen LogP contribution in [0.1, 0.15) is 20.3 Å². The third-order valence-electron chi connectivity index (χ3n) is 2.51. The molecule has 2 heterocycles. The molecule has 0 saturated carbocycles. The number of nitrogens with zero attached hydrogens (tertiary/aromatic N) is 1. The van der Waals surface area contributed by atoms with Gasteiger partial charge in [0, 0.05) is 18.9 Å². The third kappa shape index (κ3) is 2.64. The predicted molar refractivity (Wildman–Crippen MR) is 60.9 cm³/mol. The third-order valence-corrected chi connectivity index (χ3v) is 3.95. The quantitative estimate of drug-likeness (QED) is 0.718. The Labute approximate surface area is 89.7 Å². The van der Waals surface area contributed by atoms with E-state index in [-0.39, 0.29) is 0 Å². The lowest BCUT2D eigenvalue weighted by molar-refractivity contribution is 0.192. The van der Waals surface area contributed by atoms with Crippen LogP contribution in [0.15, 0.2) is 4.99 Å². The standard InChI is InChI=1S/C10H18N2OS/c1-10(2)6-11-9(14-7-10)12-8-3-4-13-5-8/h8H,3-7H2,1-2H3,(H,11,12). The lowest BCUT2D eigenvalue weighted by Gasteiger charge is -2.28. The van der Waals surface area contributed by atoms with Crippen LogP contribution in [0.4, 0.5) is 0 Å². The van der Waals surface area contributed by atoms with Crippen LogP contribution in [-0.4, -0.2) is 36.7 Å². The van der Waals surface area contributed by atoms with E-state index in [0.717, 1.165) is 37.1 Å². The molecule has 0 aromatic heterocycles. The van der Waals surface area contributed by atoms with E-state index in [2.05, 4.69) is 24.2 Å². The molecule has 14 heavy (non-hydrogen) atoms. The van der Waals surface area contributed by atoms with Crippen molar-refractivity contribution in [3.05, 3.63) is 0 Å². The van der Waals surface area contributed by atoms with Gasteiger partial charge in [0.1, 0.15) is 0 Å². The molecule has 2 rings (SSSR count). The van der Waals surface area contributed by atoms with Gasteiger partial charge in [-0.3, -0.25) is 4.99 Å². The molecule has 2 aliphatic rings. The molecule has 0 aromatic carbocycles. The van der Waals surface area contributed by atoms with Gasteiger partial charge in [0.25, 0.3) is 0 Å². The van der Waals surface area contributed by atoms with Crippen molar-refractivity contribution in [2.75, 3.05) is 25.5 Å². The van der Waals surface area contributed by atoms with Crippen LogP contribution in [0.5, 0.6) is 0 Å². The summed E-state index contributed by atoms with van der Waals surface area (Å²) in [5, 5.41) is 4.55. The molecule has 80 valence electrons. The van der Waals surface area contributed by atoms with Gasteiger partial charge in [0.2, 0.25) is 0 Å². The molecule has 1 fully saturated rings. The molecule has 0 amide bonds. The normalized spacial score (nSPS) is 31.3. The second-order valence-corrected chi connectivity index (χ2v) is 5.74. The largest absolute Gasteiger partial charge is 0.379 e. The smallest absolute Gasteiger partial charge is 0.156 e. The van der Waals surface area contributed by atoms with Crippen molar-refractivity contribution >= 4 is 16.9 Å². The molecular weight excluding hydrogens is 196 g/mol. The number of thioether (sulfide) groups is 1. The molecular formula is C10H18N2OS. The first-order valence-corrected chi connectivity index (χ1v) is 6.16. The summed E-state index contributed by atoms with van der Waals surface area (Å²) in [5.41, 5.74) is 0.363. The first-order chi connectivity index (χ1) is 6.66. The van der Waals surface area contributed by atoms with Gasteiger partial charge in [0.05, 0.1) is 12.6 Å². The van der Waals surface area contributed by atoms with Gasteiger partial charge in [-0.2, -0.15) is 0 Å². The Hall–Kier alpha value is -0.220. The Morgan fingerprint density at radius 2 is 2.43 bits per heavy atom. The molecule has 0 radical (unpaired) electrons. The number of aliphatic imine (C=N–C) groups is 1. The average molecular weight is 214 g/mol. The van der Waals surface area contributed by atoms with Gasteiger partial charge in [0.15, 0.2) is 5.17 Å². The lowest BCUT2D eigenvalue weighted by atomic mass is 9.97. The maximum absolute atomic E-state index is 5.31. The lowest BCUT2D eigenvalue weighted by Crippen LogP contribution is -2.37. The zero-order valence-corrected chi connectivity index (χ0v) is 9.69. The Balaban J connectivity index is 1.84. The molecule has 0 aromatic rings. The van der Waals surface area contributed by atoms with Crippen LogP contribution in [0, 0.1) is 5.41 Å². The number of amidine groups is 1. The summed E-state index contributed by atoms with van der Waals surface area (Å²) >= 11 is 1.84. The van der Waals surface area contributed by atoms with E-state index in [1.165, 1.54) is 0 Å². The maximum Gasteiger partial charge on any atom is 0.156 e. The minimum atomic E-state index is 0.363. The van der Waals surface area contributed by atoms with E-state index in [9.17, 15) is 0 Å². The average Bonchev–Trinajstić information content (AvgIpc) is 2.61. The number of hydrogen-bond acceptors (Lipinski definition) is 4. The summed E-state index contributed by atoms with van der Waals surface area (Å²) in [6.45, 7) is 7.19. The Bertz CT molecular complexity index is 234. The summed E-state index contributed by atoms with van der Waals surface area (Å²) in [5.74, 6) is 1.16. The first-order valence-electron chi connectivity index (χ1n) is 5.17. The topological polar surface area (TPSA) is 33.6 Å². The van der Waals surface area contributed by atoms with Crippen LogP contribution in [0.3, 0.4) is 0 Å². The van der Waals surface area contributed by atoms with E-state index < -0.39 is 0 Å². The van der Waals surface area contributed by atoms with Crippen LogP contribution < -0.4 is 5.32 Å². The number of nitrogens with one attached hydrogen (secondary N) is 1. The second kappa shape index (κ2) is 4.11. The Morgan fingerprint density at radius 3 is 3.00 bits per heavy atom. The van der Waals surface area contributed by atoms with Crippen molar-refractivity contribution < 1.29 is 4.74 Å². The number of hydrogen-bond donors (Lipinski definition) is 1. The fourth-order valence-corrected chi connectivity index (χ4v) is 2.58. The van der Waals surface area contributed by atoms with Crippen LogP contribution in [-0.2, 0) is 4.74 Å². The summed E-state index contributed by atoms with van der Waals surface area (Å²) < 4.78 is 5.31. The van der Waals surface area contributed by atoms with Crippen molar-refractivity contribution in [2.24, 2.45) is 10.4 Å². The molecule has 1 N–H and O–H groups in total. The Morgan fingerprint density at radius 1 is 1.57 bits per heavy atom. The van der Waals surface area contributed by atoms with Crippen LogP contribution in [0.2, 0.25) is 0 Å². The monoisotopic (exact) mass is 214 g/mol. The minimum Gasteiger partial charge on any atom is -0.379 e. The van der Waals surface area contributed by atoms with Crippen molar-refractivity contribution in [3.63, 3.8) is 0 Å². The van der Waals surface area contributed by atoms with Crippen molar-refractivity contribution in [2.45, 2.75) is 26.3 Å². The summed E-state index contributed by atoms with van der Waals surface area (Å²) in [4.78, 5) is 4.56. The SMILES string of the molecule is CC1(C)CN=C(NC2CCOC2)SC1. The molecule has 0 bridgehead atoms. The van der Waals surface area contributed by atoms with Crippen molar-refractivity contribution in [1.29, 1.82) is 0 Å². The number of rotatable bonds is 1. The van der Waals surface area contributed by atoms with E-state index in [0.29, 0.717) is 11.5 Å². The molecule has 4 heteroatoms. The van der Waals surface area contributed by atoms with Gasteiger partial charge in [-0.25, -0.2) is 0 Å². The van der Waals surface area contributed by atoms with Gasteiger partial charge >= 0.3 is 0 Å². The highest BCUT2D eigenvalue weighted by molar-refractivity contribution is 8.13.